The summed E-state index contributed by atoms with van der Waals surface area (Å²) in [4.78, 5) is 29.6. The van der Waals surface area contributed by atoms with Gasteiger partial charge in [-0.3, -0.25) is 0 Å². The second kappa shape index (κ2) is 22.5. The van der Waals surface area contributed by atoms with E-state index in [1.54, 1.807) is 47.0 Å². The summed E-state index contributed by atoms with van der Waals surface area (Å²) in [7, 11) is 0. The predicted octanol–water partition coefficient (Wildman–Crippen LogP) is 22.7. The summed E-state index contributed by atoms with van der Waals surface area (Å²) in [5.74, 6) is 0. The molecule has 9 heteroatoms. The van der Waals surface area contributed by atoms with Gasteiger partial charge >= 0.3 is 21.1 Å². The van der Waals surface area contributed by atoms with Crippen LogP contribution < -0.4 is 9.97 Å². The Balaban J connectivity index is 0.00000636. The van der Waals surface area contributed by atoms with Crippen LogP contribution in [0.2, 0.25) is 0 Å². The molecule has 1 aliphatic carbocycles. The van der Waals surface area contributed by atoms with E-state index in [1.165, 1.54) is 19.6 Å². The first kappa shape index (κ1) is 55.7. The Morgan fingerprint density at radius 3 is 0.629 bits per heavy atom. The van der Waals surface area contributed by atoms with Gasteiger partial charge in [-0.15, -0.1) is 69.1 Å². The first-order valence-corrected chi connectivity index (χ1v) is 34.4. The third-order valence-electron chi connectivity index (χ3n) is 17.9. The minimum Gasteiger partial charge on any atom is -0.656 e. The molecule has 0 atom stereocenters. The molecule has 2 aromatic heterocycles. The fraction of sp³-hybridized carbons (Fsp3) is 0.0500. The molecular formula is C80H52N4PtS4. The summed E-state index contributed by atoms with van der Waals surface area (Å²) in [6.45, 7) is 0. The summed E-state index contributed by atoms with van der Waals surface area (Å²) in [6, 6.07) is 90.0. The van der Waals surface area contributed by atoms with Crippen LogP contribution in [-0.2, 0) is 21.1 Å². The Hall–Kier alpha value is -8.59. The van der Waals surface area contributed by atoms with Gasteiger partial charge in [-0.25, -0.2) is 9.97 Å². The topological polar surface area (TPSA) is 54.0 Å². The van der Waals surface area contributed by atoms with Gasteiger partial charge < -0.3 is 9.97 Å². The number of thioether (sulfide) groups is 4. The van der Waals surface area contributed by atoms with Crippen molar-refractivity contribution in [3.8, 4) is 89.5 Å². The summed E-state index contributed by atoms with van der Waals surface area (Å²) in [6.07, 6.45) is 8.56. The average molecular weight is 1390 g/mol. The number of hydrogen-bond acceptors (Lipinski definition) is 6. The Labute approximate surface area is 546 Å². The largest absolute Gasteiger partial charge is 2.00 e. The molecule has 0 unspecified atom stereocenters. The summed E-state index contributed by atoms with van der Waals surface area (Å²) in [5.41, 5.74) is 18.9. The average Bonchev–Trinajstić information content (AvgIpc) is 1.63. The summed E-state index contributed by atoms with van der Waals surface area (Å²) in [5, 5.41) is 13.2. The molecule has 4 heterocycles. The number of benzene rings is 12. The maximum absolute atomic E-state index is 6.23. The molecule has 0 amide bonds. The second-order valence-electron chi connectivity index (χ2n) is 22.6. The first-order valence-electron chi connectivity index (χ1n) is 29.5. The molecule has 4 nitrogen and oxygen atoms in total. The van der Waals surface area contributed by atoms with E-state index >= 15 is 0 Å². The smallest absolute Gasteiger partial charge is 0.656 e. The molecule has 0 radical (unpaired) electrons. The van der Waals surface area contributed by atoms with Crippen LogP contribution in [0.25, 0.3) is 176 Å². The normalized spacial score (nSPS) is 11.9. The zero-order valence-electron chi connectivity index (χ0n) is 48.8. The van der Waals surface area contributed by atoms with Gasteiger partial charge in [-0.2, -0.15) is 0 Å². The molecule has 0 saturated heterocycles. The van der Waals surface area contributed by atoms with Crippen molar-refractivity contribution >= 4 is 134 Å². The molecule has 8 bridgehead atoms. The summed E-state index contributed by atoms with van der Waals surface area (Å²) >= 11 is 6.98. The van der Waals surface area contributed by atoms with E-state index in [0.29, 0.717) is 0 Å². The predicted molar refractivity (Wildman–Crippen MR) is 382 cm³/mol. The number of hydrogen-bond donors (Lipinski definition) is 0. The Morgan fingerprint density at radius 1 is 0.247 bits per heavy atom. The Bertz CT molecular complexity index is 4910. The molecule has 17 rings (SSSR count). The van der Waals surface area contributed by atoms with Crippen molar-refractivity contribution in [2.45, 2.75) is 19.6 Å². The third-order valence-corrected chi connectivity index (χ3v) is 20.9. The van der Waals surface area contributed by atoms with Gasteiger partial charge in [0.15, 0.2) is 0 Å². The molecule has 2 aliphatic heterocycles. The van der Waals surface area contributed by atoms with Crippen molar-refractivity contribution in [2.24, 2.45) is 0 Å². The molecule has 89 heavy (non-hydrogen) atoms. The SMILES string of the molecule is CSc1ccc(-c2c3nc(c(-c4ccc(SC)cc4)c4[n-]c(c(-c5ccc(SC)cc5)c5nc(c(-c6ccc(SC)cc6)c6[n-]c2c2cc7ccccc7cc62)-c2cc6ccccc6cc2-5)c2cc5ccccc5cc42)-c2cc4ccccc4cc2-3)cc1.[Pt+2]. The Morgan fingerprint density at radius 2 is 0.438 bits per heavy atom. The van der Waals surface area contributed by atoms with E-state index in [4.69, 9.17) is 19.9 Å². The number of rotatable bonds is 8. The maximum atomic E-state index is 6.23. The molecule has 0 spiro atoms. The van der Waals surface area contributed by atoms with E-state index in [1.807, 2.05) is 0 Å². The third kappa shape index (κ3) is 9.20. The van der Waals surface area contributed by atoms with Gasteiger partial charge in [0.25, 0.3) is 0 Å². The van der Waals surface area contributed by atoms with Gasteiger partial charge in [0.1, 0.15) is 0 Å². The van der Waals surface area contributed by atoms with Crippen molar-refractivity contribution in [1.29, 1.82) is 0 Å². The molecule has 0 fully saturated rings. The van der Waals surface area contributed by atoms with Crippen LogP contribution >= 0.6 is 47.0 Å². The minimum absolute atomic E-state index is 0. The van der Waals surface area contributed by atoms with E-state index in [-0.39, 0.29) is 21.1 Å². The molecule has 0 N–H and O–H groups in total. The van der Waals surface area contributed by atoms with E-state index in [9.17, 15) is 0 Å². The van der Waals surface area contributed by atoms with Crippen molar-refractivity contribution in [3.63, 3.8) is 0 Å². The van der Waals surface area contributed by atoms with Gasteiger partial charge in [-0.05, 0) is 231 Å². The van der Waals surface area contributed by atoms with Gasteiger partial charge in [0.2, 0.25) is 0 Å². The van der Waals surface area contributed by atoms with E-state index in [2.05, 4.69) is 268 Å². The van der Waals surface area contributed by atoms with Crippen LogP contribution in [0.1, 0.15) is 0 Å². The molecule has 3 aliphatic rings. The van der Waals surface area contributed by atoms with Crippen molar-refractivity contribution in [2.75, 3.05) is 25.0 Å². The second-order valence-corrected chi connectivity index (χ2v) is 26.1. The number of nitrogens with zero attached hydrogens (tertiary/aromatic N) is 4. The zero-order chi connectivity index (χ0) is 58.7. The van der Waals surface area contributed by atoms with Crippen LogP contribution in [-0.4, -0.2) is 35.0 Å². The quantitative estimate of drug-likeness (QED) is 0.140. The van der Waals surface area contributed by atoms with Gasteiger partial charge in [0.05, 0.1) is 22.8 Å². The molecular weight excluding hydrogens is 1340 g/mol. The van der Waals surface area contributed by atoms with Crippen molar-refractivity contribution in [1.82, 2.24) is 19.9 Å². The van der Waals surface area contributed by atoms with E-state index in [0.717, 1.165) is 176 Å². The number of aromatic nitrogens is 4. The van der Waals surface area contributed by atoms with Crippen LogP contribution in [0.3, 0.4) is 0 Å². The van der Waals surface area contributed by atoms with Gasteiger partial charge in [0, 0.05) is 41.8 Å². The number of fused-ring (bicyclic) bond motifs is 4. The Kier molecular flexibility index (Phi) is 14.1. The van der Waals surface area contributed by atoms with Crippen LogP contribution in [0.4, 0.5) is 0 Å². The standard InChI is InChI=1S/C80H52N4S4.Pt/c1-85-57-29-21-45(22-30-57)69-73-61-37-49-13-5-7-15-51(49)39-63(61)75(81-73)70(46-23-31-58(86-2)32-24-46)77-65-41-53-17-9-11-19-55(53)43-67(65)79(83-77)72(48-27-35-60(88-4)36-28-48)80-68-44-56-20-12-10-18-54(56)42-66(68)78(84-80)71(47-25-33-59(87-3)34-26-47)76-64-40-52-16-8-6-14-50(52)38-62(64)74(69)82-76;/h5-44H,1-4H3;/q-2;+2. The molecule has 12 aromatic carbocycles. The first-order chi connectivity index (χ1) is 43.4. The van der Waals surface area contributed by atoms with Crippen LogP contribution in [0, 0.1) is 0 Å². The minimum atomic E-state index is 0. The summed E-state index contributed by atoms with van der Waals surface area (Å²) < 4.78 is 0. The fourth-order valence-electron chi connectivity index (χ4n) is 13.6. The molecule has 0 saturated carbocycles. The van der Waals surface area contributed by atoms with Crippen molar-refractivity contribution in [3.05, 3.63) is 243 Å². The molecule has 14 aromatic rings. The van der Waals surface area contributed by atoms with Crippen molar-refractivity contribution < 1.29 is 21.1 Å². The van der Waals surface area contributed by atoms with Crippen LogP contribution in [0.5, 0.6) is 0 Å². The van der Waals surface area contributed by atoms with E-state index < -0.39 is 0 Å². The van der Waals surface area contributed by atoms with Gasteiger partial charge in [-0.1, -0.05) is 146 Å². The maximum Gasteiger partial charge on any atom is 2.00 e. The zero-order valence-corrected chi connectivity index (χ0v) is 54.4. The molecule has 426 valence electrons. The fourth-order valence-corrected chi connectivity index (χ4v) is 15.2. The van der Waals surface area contributed by atoms with Crippen LogP contribution in [0.15, 0.2) is 262 Å². The monoisotopic (exact) mass is 1390 g/mol.